The van der Waals surface area contributed by atoms with E-state index in [1.165, 1.54) is 23.0 Å². The second kappa shape index (κ2) is 9.20. The number of pyridine rings is 1. The summed E-state index contributed by atoms with van der Waals surface area (Å²) >= 11 is 6.16. The Morgan fingerprint density at radius 3 is 2.82 bits per heavy atom. The molecule has 0 saturated carbocycles. The number of nitrogens with zero attached hydrogens (tertiary/aromatic N) is 7. The van der Waals surface area contributed by atoms with Gasteiger partial charge in [-0.2, -0.15) is 15.2 Å². The number of hydrogen-bond acceptors (Lipinski definition) is 6. The summed E-state index contributed by atoms with van der Waals surface area (Å²) in [5.41, 5.74) is 2.71. The zero-order valence-corrected chi connectivity index (χ0v) is 19.3. The molecule has 0 radical (unpaired) electrons. The highest BCUT2D eigenvalue weighted by molar-refractivity contribution is 6.30. The van der Waals surface area contributed by atoms with E-state index in [-0.39, 0.29) is 29.1 Å². The number of nitrogens with one attached hydrogen (secondary N) is 1. The number of aliphatic hydroxyl groups is 1. The molecule has 3 N–H and O–H groups in total. The standard InChI is InChI=1S/C21H25ClN8O3/c1-12(5-4-6-31)10-30-18-16(11-28(2)27-18)25-21(30)26-19(32)13-7-15(24-17(22)8-13)14-9-23-29(3)20(14)33/h7-9,11-12,31,33H,4-6,10H2,1-3H3,(H,25,26,32)/t12-/m1/s1. The lowest BCUT2D eigenvalue weighted by Crippen LogP contribution is -2.24. The zero-order chi connectivity index (χ0) is 23.7. The van der Waals surface area contributed by atoms with Crippen LogP contribution < -0.4 is 5.62 Å². The van der Waals surface area contributed by atoms with Crippen LogP contribution in [0.2, 0.25) is 5.15 Å². The van der Waals surface area contributed by atoms with Gasteiger partial charge in [-0.25, -0.2) is 9.67 Å². The lowest BCUT2D eigenvalue weighted by molar-refractivity contribution is 0.0996. The van der Waals surface area contributed by atoms with Crippen molar-refractivity contribution < 1.29 is 15.0 Å². The maximum Gasteiger partial charge on any atom is 0.280 e. The van der Waals surface area contributed by atoms with Crippen LogP contribution in [0.4, 0.5) is 0 Å². The Morgan fingerprint density at radius 1 is 1.33 bits per heavy atom. The van der Waals surface area contributed by atoms with E-state index < -0.39 is 5.91 Å². The molecule has 174 valence electrons. The number of halogens is 1. The molecule has 0 aliphatic rings. The summed E-state index contributed by atoms with van der Waals surface area (Å²) in [6.07, 6.45) is 4.79. The van der Waals surface area contributed by atoms with Gasteiger partial charge in [0, 0.05) is 32.8 Å². The topological polar surface area (TPSA) is 139 Å². The van der Waals surface area contributed by atoms with Crippen LogP contribution in [0, 0.1) is 5.92 Å². The smallest absolute Gasteiger partial charge is 0.280 e. The number of fused-ring (bicyclic) bond motifs is 1. The molecule has 0 saturated heterocycles. The molecular formula is C21H25ClN8O3. The largest absolute Gasteiger partial charge is 0.493 e. The highest BCUT2D eigenvalue weighted by Crippen LogP contribution is 2.28. The van der Waals surface area contributed by atoms with Crippen molar-refractivity contribution in [3.63, 3.8) is 0 Å². The average molecular weight is 473 g/mol. The van der Waals surface area contributed by atoms with Crippen molar-refractivity contribution in [2.45, 2.75) is 26.3 Å². The van der Waals surface area contributed by atoms with E-state index >= 15 is 0 Å². The number of aromatic nitrogens is 7. The van der Waals surface area contributed by atoms with Crippen molar-refractivity contribution in [3.8, 4) is 17.1 Å². The Balaban J connectivity index is 1.74. The summed E-state index contributed by atoms with van der Waals surface area (Å²) in [4.78, 5) is 24.8. The maximum absolute atomic E-state index is 13.1. The second-order valence-electron chi connectivity index (χ2n) is 8.06. The summed E-state index contributed by atoms with van der Waals surface area (Å²) in [7, 11) is 3.42. The summed E-state index contributed by atoms with van der Waals surface area (Å²) < 4.78 is 4.85. The minimum Gasteiger partial charge on any atom is -0.493 e. The number of hydrogen-bond donors (Lipinski definition) is 3. The number of aryl methyl sites for hydroxylation is 2. The molecular weight excluding hydrogens is 448 g/mol. The van der Waals surface area contributed by atoms with Crippen LogP contribution in [-0.2, 0) is 20.6 Å². The van der Waals surface area contributed by atoms with Crippen LogP contribution in [0.15, 0.2) is 29.5 Å². The van der Waals surface area contributed by atoms with E-state index in [0.717, 1.165) is 11.9 Å². The minimum atomic E-state index is -0.519. The SMILES string of the molecule is C[C@H](CCCO)Cn1/c(=N/C(=O)c2cc(Cl)nc(-c3cnn(C)c3O)c2)[nH]c2cn(C)nc21. The molecule has 33 heavy (non-hydrogen) atoms. The molecule has 0 bridgehead atoms. The Hall–Kier alpha value is -3.44. The van der Waals surface area contributed by atoms with Gasteiger partial charge < -0.3 is 15.2 Å². The Morgan fingerprint density at radius 2 is 2.12 bits per heavy atom. The highest BCUT2D eigenvalue weighted by atomic mass is 35.5. The van der Waals surface area contributed by atoms with E-state index in [0.29, 0.717) is 35.5 Å². The fraction of sp³-hybridized carbons (Fsp3) is 0.381. The van der Waals surface area contributed by atoms with Crippen LogP contribution >= 0.6 is 11.6 Å². The third-order valence-electron chi connectivity index (χ3n) is 5.35. The predicted molar refractivity (Wildman–Crippen MR) is 122 cm³/mol. The first-order valence-electron chi connectivity index (χ1n) is 10.5. The quantitative estimate of drug-likeness (QED) is 0.351. The third-order valence-corrected chi connectivity index (χ3v) is 5.54. The van der Waals surface area contributed by atoms with Gasteiger partial charge in [0.25, 0.3) is 5.91 Å². The molecule has 11 nitrogen and oxygen atoms in total. The first-order chi connectivity index (χ1) is 15.8. The van der Waals surface area contributed by atoms with Crippen LogP contribution in [0.5, 0.6) is 5.88 Å². The van der Waals surface area contributed by atoms with Crippen LogP contribution in [-0.4, -0.2) is 56.8 Å². The molecule has 4 rings (SSSR count). The lowest BCUT2D eigenvalue weighted by atomic mass is 10.1. The maximum atomic E-state index is 13.1. The Labute approximate surface area is 194 Å². The van der Waals surface area contributed by atoms with Crippen molar-refractivity contribution in [2.75, 3.05) is 6.61 Å². The molecule has 0 spiro atoms. The number of H-pyrrole nitrogens is 1. The molecule has 0 fully saturated rings. The second-order valence-corrected chi connectivity index (χ2v) is 8.44. The Kier molecular flexibility index (Phi) is 6.34. The van der Waals surface area contributed by atoms with E-state index in [2.05, 4.69) is 32.1 Å². The number of aromatic amines is 1. The number of rotatable bonds is 7. The van der Waals surface area contributed by atoms with E-state index in [4.69, 9.17) is 16.7 Å². The number of imidazole rings is 1. The van der Waals surface area contributed by atoms with Gasteiger partial charge >= 0.3 is 0 Å². The molecule has 0 aliphatic heterocycles. The molecule has 4 aromatic rings. The van der Waals surface area contributed by atoms with Crippen LogP contribution in [0.1, 0.15) is 30.1 Å². The van der Waals surface area contributed by atoms with Crippen molar-refractivity contribution in [1.29, 1.82) is 0 Å². The van der Waals surface area contributed by atoms with Gasteiger partial charge in [-0.15, -0.1) is 0 Å². The van der Waals surface area contributed by atoms with Gasteiger partial charge in [0.2, 0.25) is 11.5 Å². The van der Waals surface area contributed by atoms with Gasteiger partial charge in [-0.05, 0) is 30.9 Å². The van der Waals surface area contributed by atoms with Gasteiger partial charge in [0.15, 0.2) is 5.65 Å². The molecule has 1 amide bonds. The third kappa shape index (κ3) is 4.69. The number of carbonyl (C=O) groups excluding carboxylic acids is 1. The molecule has 0 aliphatic carbocycles. The van der Waals surface area contributed by atoms with Gasteiger partial charge in [-0.3, -0.25) is 14.0 Å². The molecule has 4 aromatic heterocycles. The first kappa shape index (κ1) is 22.7. The number of aliphatic hydroxyl groups excluding tert-OH is 1. The monoisotopic (exact) mass is 472 g/mol. The van der Waals surface area contributed by atoms with Gasteiger partial charge in [0.05, 0.1) is 23.7 Å². The number of amides is 1. The van der Waals surface area contributed by atoms with Gasteiger partial charge in [-0.1, -0.05) is 18.5 Å². The van der Waals surface area contributed by atoms with Crippen LogP contribution in [0.3, 0.4) is 0 Å². The number of aromatic hydroxyl groups is 1. The highest BCUT2D eigenvalue weighted by Gasteiger charge is 2.17. The number of carbonyl (C=O) groups is 1. The normalized spacial score (nSPS) is 13.2. The zero-order valence-electron chi connectivity index (χ0n) is 18.5. The summed E-state index contributed by atoms with van der Waals surface area (Å²) in [6.45, 7) is 2.79. The first-order valence-corrected chi connectivity index (χ1v) is 10.9. The molecule has 0 aromatic carbocycles. The molecule has 1 atom stereocenters. The lowest BCUT2D eigenvalue weighted by Gasteiger charge is -2.11. The van der Waals surface area contributed by atoms with Crippen LogP contribution in [0.25, 0.3) is 22.4 Å². The van der Waals surface area contributed by atoms with Crippen molar-refractivity contribution >= 4 is 28.7 Å². The average Bonchev–Trinajstić information content (AvgIpc) is 3.39. The van der Waals surface area contributed by atoms with Gasteiger partial charge in [0.1, 0.15) is 10.7 Å². The fourth-order valence-corrected chi connectivity index (χ4v) is 3.90. The molecule has 0 unspecified atom stereocenters. The molecule has 12 heteroatoms. The fourth-order valence-electron chi connectivity index (χ4n) is 3.69. The van der Waals surface area contributed by atoms with Crippen molar-refractivity contribution in [1.82, 2.24) is 34.1 Å². The van der Waals surface area contributed by atoms with Crippen molar-refractivity contribution in [3.05, 3.63) is 40.9 Å². The van der Waals surface area contributed by atoms with E-state index in [1.807, 2.05) is 17.8 Å². The minimum absolute atomic E-state index is 0.0862. The summed E-state index contributed by atoms with van der Waals surface area (Å²) in [6, 6.07) is 2.95. The van der Waals surface area contributed by atoms with E-state index in [9.17, 15) is 9.90 Å². The summed E-state index contributed by atoms with van der Waals surface area (Å²) in [5.74, 6) is -0.367. The van der Waals surface area contributed by atoms with Crippen molar-refractivity contribution in [2.24, 2.45) is 25.0 Å². The van der Waals surface area contributed by atoms with E-state index in [1.54, 1.807) is 11.7 Å². The summed E-state index contributed by atoms with van der Waals surface area (Å²) in [5, 5.41) is 27.9. The molecule has 4 heterocycles. The predicted octanol–water partition coefficient (Wildman–Crippen LogP) is 2.01. The Bertz CT molecular complexity index is 1380.